The molecule has 7 heteroatoms. The fraction of sp³-hybridized carbons (Fsp3) is 0.414. The fourth-order valence-corrected chi connectivity index (χ4v) is 5.79. The van der Waals surface area contributed by atoms with Gasteiger partial charge in [-0.25, -0.2) is 4.98 Å². The molecule has 0 aliphatic heterocycles. The van der Waals surface area contributed by atoms with Crippen molar-refractivity contribution in [1.29, 1.82) is 0 Å². The topological polar surface area (TPSA) is 71.5 Å². The average molecular weight is 506 g/mol. The second-order valence-corrected chi connectivity index (χ2v) is 10.8. The number of methoxy groups -OCH3 is 1. The van der Waals surface area contributed by atoms with Crippen molar-refractivity contribution in [3.63, 3.8) is 0 Å². The van der Waals surface area contributed by atoms with Crippen LogP contribution in [0.3, 0.4) is 0 Å². The van der Waals surface area contributed by atoms with Crippen LogP contribution in [0.4, 0.5) is 5.69 Å². The van der Waals surface area contributed by atoms with Gasteiger partial charge in [-0.3, -0.25) is 14.5 Å². The summed E-state index contributed by atoms with van der Waals surface area (Å²) in [5.41, 5.74) is 4.17. The summed E-state index contributed by atoms with van der Waals surface area (Å²) in [6.45, 7) is 7.77. The predicted octanol–water partition coefficient (Wildman–Crippen LogP) is 6.22. The first-order chi connectivity index (χ1) is 17.3. The van der Waals surface area contributed by atoms with Gasteiger partial charge in [0.15, 0.2) is 0 Å². The zero-order valence-electron chi connectivity index (χ0n) is 21.8. The minimum Gasteiger partial charge on any atom is -0.497 e. The van der Waals surface area contributed by atoms with Crippen LogP contribution in [-0.4, -0.2) is 29.9 Å². The number of carbonyl (C=O) groups excluding carboxylic acids is 2. The first-order valence-corrected chi connectivity index (χ1v) is 13.4. The van der Waals surface area contributed by atoms with Gasteiger partial charge >= 0.3 is 0 Å². The van der Waals surface area contributed by atoms with Crippen LogP contribution in [-0.2, 0) is 4.79 Å². The number of hydrogen-bond acceptors (Lipinski definition) is 5. The highest BCUT2D eigenvalue weighted by Crippen LogP contribution is 2.35. The maximum atomic E-state index is 14.3. The molecule has 1 aliphatic rings. The van der Waals surface area contributed by atoms with E-state index in [9.17, 15) is 9.59 Å². The lowest BCUT2D eigenvalue weighted by Gasteiger charge is -2.34. The van der Waals surface area contributed by atoms with Crippen molar-refractivity contribution >= 4 is 28.8 Å². The molecular formula is C29H35N3O3S. The molecule has 0 bridgehead atoms. The minimum absolute atomic E-state index is 0.120. The van der Waals surface area contributed by atoms with E-state index in [0.717, 1.165) is 53.1 Å². The van der Waals surface area contributed by atoms with E-state index in [4.69, 9.17) is 4.74 Å². The quantitative estimate of drug-likeness (QED) is 0.414. The minimum atomic E-state index is -0.840. The summed E-state index contributed by atoms with van der Waals surface area (Å²) in [6, 6.07) is 12.6. The number of anilines is 1. The lowest BCUT2D eigenvalue weighted by molar-refractivity contribution is -0.123. The average Bonchev–Trinajstić information content (AvgIpc) is 3.22. The molecule has 6 nitrogen and oxygen atoms in total. The van der Waals surface area contributed by atoms with Crippen LogP contribution in [0.5, 0.6) is 5.75 Å². The number of hydrogen-bond donors (Lipinski definition) is 1. The van der Waals surface area contributed by atoms with Gasteiger partial charge < -0.3 is 10.1 Å². The second kappa shape index (κ2) is 11.2. The number of nitrogens with zero attached hydrogens (tertiary/aromatic N) is 2. The van der Waals surface area contributed by atoms with E-state index >= 15 is 0 Å². The summed E-state index contributed by atoms with van der Waals surface area (Å²) in [5.74, 6) is 0.315. The molecule has 36 heavy (non-hydrogen) atoms. The highest BCUT2D eigenvalue weighted by molar-refractivity contribution is 7.13. The van der Waals surface area contributed by atoms with Crippen molar-refractivity contribution < 1.29 is 14.3 Å². The van der Waals surface area contributed by atoms with Crippen LogP contribution in [0.25, 0.3) is 0 Å². The maximum absolute atomic E-state index is 14.3. The highest BCUT2D eigenvalue weighted by atomic mass is 32.1. The number of thiazole rings is 1. The zero-order valence-corrected chi connectivity index (χ0v) is 22.6. The van der Waals surface area contributed by atoms with Crippen molar-refractivity contribution in [3.8, 4) is 5.75 Å². The fourth-order valence-electron chi connectivity index (χ4n) is 4.93. The Morgan fingerprint density at radius 1 is 1.03 bits per heavy atom. The number of aromatic nitrogens is 1. The smallest absolute Gasteiger partial charge is 0.271 e. The number of rotatable bonds is 7. The molecule has 1 saturated carbocycles. The molecule has 1 N–H and O–H groups in total. The lowest BCUT2D eigenvalue weighted by Crippen LogP contribution is -2.47. The van der Waals surface area contributed by atoms with Gasteiger partial charge in [0.05, 0.1) is 17.8 Å². The van der Waals surface area contributed by atoms with Gasteiger partial charge in [0.1, 0.15) is 16.7 Å². The number of benzene rings is 2. The molecule has 190 valence electrons. The molecule has 1 aliphatic carbocycles. The highest BCUT2D eigenvalue weighted by Gasteiger charge is 2.36. The Kier molecular flexibility index (Phi) is 8.09. The first-order valence-electron chi connectivity index (χ1n) is 12.6. The van der Waals surface area contributed by atoms with Gasteiger partial charge in [0.2, 0.25) is 5.91 Å². The van der Waals surface area contributed by atoms with Gasteiger partial charge in [0.25, 0.3) is 5.91 Å². The summed E-state index contributed by atoms with van der Waals surface area (Å²) in [6.07, 6.45) is 5.34. The maximum Gasteiger partial charge on any atom is 0.271 e. The van der Waals surface area contributed by atoms with E-state index in [1.54, 1.807) is 12.0 Å². The summed E-state index contributed by atoms with van der Waals surface area (Å²) in [4.78, 5) is 35.0. The molecule has 1 fully saturated rings. The molecule has 0 saturated heterocycles. The molecule has 1 aromatic heterocycles. The molecule has 2 amide bonds. The van der Waals surface area contributed by atoms with Gasteiger partial charge in [-0.1, -0.05) is 43.5 Å². The SMILES string of the molecule is COc1ccc(C(C(=O)NC2CCCCC2)N(C(=O)c2sc(C)nc2C)c2cccc(C)c2C)cc1. The largest absolute Gasteiger partial charge is 0.497 e. The standard InChI is InChI=1S/C29H35N3O3S/c1-18-10-9-13-25(19(18)2)32(29(34)27-20(3)30-21(4)36-27)26(22-14-16-24(35-5)17-15-22)28(33)31-23-11-7-6-8-12-23/h9-10,13-17,23,26H,6-8,11-12H2,1-5H3,(H,31,33). The Balaban J connectivity index is 1.86. The van der Waals surface area contributed by atoms with E-state index < -0.39 is 6.04 Å². The third-order valence-electron chi connectivity index (χ3n) is 7.04. The summed E-state index contributed by atoms with van der Waals surface area (Å²) < 4.78 is 5.36. The molecule has 1 heterocycles. The Morgan fingerprint density at radius 2 is 1.72 bits per heavy atom. The summed E-state index contributed by atoms with van der Waals surface area (Å²) >= 11 is 1.37. The van der Waals surface area contributed by atoms with Gasteiger partial charge in [-0.2, -0.15) is 0 Å². The first kappa shape index (κ1) is 25.9. The monoisotopic (exact) mass is 505 g/mol. The predicted molar refractivity (Wildman–Crippen MR) is 145 cm³/mol. The Morgan fingerprint density at radius 3 is 2.33 bits per heavy atom. The van der Waals surface area contributed by atoms with Crippen LogP contribution in [0, 0.1) is 27.7 Å². The van der Waals surface area contributed by atoms with Crippen LogP contribution in [0.2, 0.25) is 0 Å². The Bertz CT molecular complexity index is 1230. The van der Waals surface area contributed by atoms with Crippen molar-refractivity contribution in [2.75, 3.05) is 12.0 Å². The molecule has 4 rings (SSSR count). The number of carbonyl (C=O) groups is 2. The lowest BCUT2D eigenvalue weighted by atomic mass is 9.94. The van der Waals surface area contributed by atoms with E-state index in [0.29, 0.717) is 16.3 Å². The molecule has 0 radical (unpaired) electrons. The summed E-state index contributed by atoms with van der Waals surface area (Å²) in [7, 11) is 1.61. The van der Waals surface area contributed by atoms with E-state index in [1.807, 2.05) is 70.2 Å². The van der Waals surface area contributed by atoms with Gasteiger partial charge in [-0.15, -0.1) is 11.3 Å². The van der Waals surface area contributed by atoms with E-state index in [2.05, 4.69) is 10.3 Å². The third kappa shape index (κ3) is 5.46. The Hall–Kier alpha value is -3.19. The molecule has 0 spiro atoms. The number of ether oxygens (including phenoxy) is 1. The van der Waals surface area contributed by atoms with Gasteiger partial charge in [0, 0.05) is 11.7 Å². The van der Waals surface area contributed by atoms with Crippen LogP contribution in [0.15, 0.2) is 42.5 Å². The van der Waals surface area contributed by atoms with Crippen molar-refractivity contribution in [1.82, 2.24) is 10.3 Å². The third-order valence-corrected chi connectivity index (χ3v) is 8.10. The second-order valence-electron chi connectivity index (χ2n) is 9.56. The number of amides is 2. The van der Waals surface area contributed by atoms with Crippen LogP contribution in [0.1, 0.15) is 75.2 Å². The molecule has 1 unspecified atom stereocenters. The molecule has 3 aromatic rings. The summed E-state index contributed by atoms with van der Waals surface area (Å²) in [5, 5.41) is 4.10. The van der Waals surface area contributed by atoms with Crippen LogP contribution < -0.4 is 15.0 Å². The number of nitrogens with one attached hydrogen (secondary N) is 1. The Labute approximate surface area is 217 Å². The van der Waals surface area contributed by atoms with E-state index in [1.165, 1.54) is 17.8 Å². The molecule has 2 aromatic carbocycles. The van der Waals surface area contributed by atoms with Crippen molar-refractivity contribution in [2.24, 2.45) is 0 Å². The van der Waals surface area contributed by atoms with E-state index in [-0.39, 0.29) is 17.9 Å². The van der Waals surface area contributed by atoms with Crippen molar-refractivity contribution in [3.05, 3.63) is 74.7 Å². The van der Waals surface area contributed by atoms with Gasteiger partial charge in [-0.05, 0) is 75.4 Å². The molecular weight excluding hydrogens is 470 g/mol. The zero-order chi connectivity index (χ0) is 25.8. The molecule has 1 atom stereocenters. The van der Waals surface area contributed by atoms with Crippen molar-refractivity contribution in [2.45, 2.75) is 71.9 Å². The van der Waals surface area contributed by atoms with Crippen LogP contribution >= 0.6 is 11.3 Å². The number of aryl methyl sites for hydroxylation is 3. The normalized spacial score (nSPS) is 14.8.